The fourth-order valence-electron chi connectivity index (χ4n) is 1.92. The highest BCUT2D eigenvalue weighted by molar-refractivity contribution is 7.87. The van der Waals surface area contributed by atoms with Crippen LogP contribution in [-0.2, 0) is 16.8 Å². The average molecular weight is 368 g/mol. The molecule has 24 heavy (non-hydrogen) atoms. The summed E-state index contributed by atoms with van der Waals surface area (Å²) in [5.74, 6) is 0. The number of amides is 2. The van der Waals surface area contributed by atoms with Crippen LogP contribution in [0, 0.1) is 6.92 Å². The van der Waals surface area contributed by atoms with Gasteiger partial charge < -0.3 is 5.32 Å². The normalized spacial score (nSPS) is 11.3. The lowest BCUT2D eigenvalue weighted by atomic mass is 10.2. The van der Waals surface area contributed by atoms with E-state index in [-0.39, 0.29) is 6.54 Å². The Balaban J connectivity index is 1.97. The quantitative estimate of drug-likeness (QED) is 0.852. The molecule has 0 aliphatic rings. The lowest BCUT2D eigenvalue weighted by Crippen LogP contribution is -2.43. The van der Waals surface area contributed by atoms with Crippen LogP contribution in [0.15, 0.2) is 48.5 Å². The molecular weight excluding hydrogens is 350 g/mol. The van der Waals surface area contributed by atoms with Gasteiger partial charge in [0, 0.05) is 24.3 Å². The second-order valence-electron chi connectivity index (χ2n) is 5.31. The summed E-state index contributed by atoms with van der Waals surface area (Å²) < 4.78 is 27.4. The molecule has 0 saturated heterocycles. The SMILES string of the molecule is Cc1ccc(NC(=O)NS(=O)(=O)N(C)Cc2ccc(Cl)cc2)cc1. The third-order valence-electron chi connectivity index (χ3n) is 3.26. The number of benzene rings is 2. The summed E-state index contributed by atoms with van der Waals surface area (Å²) in [6.07, 6.45) is 0. The Bertz CT molecular complexity index is 805. The molecule has 2 amide bonds. The molecule has 2 N–H and O–H groups in total. The molecule has 0 aromatic heterocycles. The molecule has 0 aliphatic heterocycles. The number of carbonyl (C=O) groups is 1. The molecule has 0 atom stereocenters. The van der Waals surface area contributed by atoms with Gasteiger partial charge in [-0.15, -0.1) is 0 Å². The Morgan fingerprint density at radius 3 is 2.25 bits per heavy atom. The molecule has 0 radical (unpaired) electrons. The van der Waals surface area contributed by atoms with Crippen LogP contribution >= 0.6 is 11.6 Å². The number of rotatable bonds is 5. The van der Waals surface area contributed by atoms with Gasteiger partial charge >= 0.3 is 16.2 Å². The summed E-state index contributed by atoms with van der Waals surface area (Å²) in [5.41, 5.74) is 2.30. The second kappa shape index (κ2) is 7.65. The lowest BCUT2D eigenvalue weighted by Gasteiger charge is -2.18. The van der Waals surface area contributed by atoms with Gasteiger partial charge in [-0.25, -0.2) is 9.52 Å². The van der Waals surface area contributed by atoms with Crippen molar-refractivity contribution in [1.29, 1.82) is 0 Å². The van der Waals surface area contributed by atoms with E-state index in [4.69, 9.17) is 11.6 Å². The van der Waals surface area contributed by atoms with Crippen molar-refractivity contribution < 1.29 is 13.2 Å². The first-order chi connectivity index (χ1) is 11.3. The maximum atomic E-state index is 12.2. The van der Waals surface area contributed by atoms with E-state index < -0.39 is 16.2 Å². The van der Waals surface area contributed by atoms with Crippen molar-refractivity contribution in [2.75, 3.05) is 12.4 Å². The van der Waals surface area contributed by atoms with Crippen LogP contribution in [-0.4, -0.2) is 25.8 Å². The van der Waals surface area contributed by atoms with Gasteiger partial charge in [-0.1, -0.05) is 41.4 Å². The Kier molecular flexibility index (Phi) is 5.82. The zero-order valence-corrected chi connectivity index (χ0v) is 14.9. The van der Waals surface area contributed by atoms with Gasteiger partial charge in [0.05, 0.1) is 0 Å². The maximum absolute atomic E-state index is 12.2. The fraction of sp³-hybridized carbons (Fsp3) is 0.188. The molecule has 6 nitrogen and oxygen atoms in total. The lowest BCUT2D eigenvalue weighted by molar-refractivity contribution is 0.256. The van der Waals surface area contributed by atoms with Gasteiger partial charge in [0.25, 0.3) is 0 Å². The summed E-state index contributed by atoms with van der Waals surface area (Å²) in [6.45, 7) is 2.03. The van der Waals surface area contributed by atoms with Crippen molar-refractivity contribution in [3.8, 4) is 0 Å². The minimum Gasteiger partial charge on any atom is -0.307 e. The van der Waals surface area contributed by atoms with Crippen molar-refractivity contribution in [3.05, 3.63) is 64.7 Å². The van der Waals surface area contributed by atoms with Crippen molar-refractivity contribution >= 4 is 33.5 Å². The third-order valence-corrected chi connectivity index (χ3v) is 4.90. The van der Waals surface area contributed by atoms with E-state index in [0.29, 0.717) is 10.7 Å². The molecule has 2 aromatic carbocycles. The molecule has 0 heterocycles. The zero-order valence-electron chi connectivity index (χ0n) is 13.3. The predicted octanol–water partition coefficient (Wildman–Crippen LogP) is 3.15. The number of urea groups is 1. The highest BCUT2D eigenvalue weighted by Crippen LogP contribution is 2.12. The molecule has 0 unspecified atom stereocenters. The summed E-state index contributed by atoms with van der Waals surface area (Å²) in [5, 5.41) is 3.05. The monoisotopic (exact) mass is 367 g/mol. The number of aryl methyl sites for hydroxylation is 1. The minimum absolute atomic E-state index is 0.115. The molecule has 0 aliphatic carbocycles. The summed E-state index contributed by atoms with van der Waals surface area (Å²) in [7, 11) is -2.57. The van der Waals surface area contributed by atoms with Crippen LogP contribution in [0.2, 0.25) is 5.02 Å². The summed E-state index contributed by atoms with van der Waals surface area (Å²) >= 11 is 5.80. The standard InChI is InChI=1S/C16H18ClN3O3S/c1-12-3-9-15(10-4-12)18-16(21)19-24(22,23)20(2)11-13-5-7-14(17)8-6-13/h3-10H,11H2,1-2H3,(H2,18,19,21). The first kappa shape index (κ1) is 18.3. The van der Waals surface area contributed by atoms with Gasteiger partial charge in [-0.3, -0.25) is 0 Å². The van der Waals surface area contributed by atoms with Gasteiger partial charge in [-0.2, -0.15) is 12.7 Å². The molecule has 8 heteroatoms. The van der Waals surface area contributed by atoms with E-state index in [1.165, 1.54) is 7.05 Å². The molecule has 2 rings (SSSR count). The van der Waals surface area contributed by atoms with Crippen molar-refractivity contribution in [1.82, 2.24) is 9.03 Å². The Labute approximate surface area is 146 Å². The number of nitrogens with one attached hydrogen (secondary N) is 2. The first-order valence-corrected chi connectivity index (χ1v) is 8.94. The largest absolute Gasteiger partial charge is 0.333 e. The van der Waals surface area contributed by atoms with E-state index in [0.717, 1.165) is 15.4 Å². The number of nitrogens with zero attached hydrogens (tertiary/aromatic N) is 1. The van der Waals surface area contributed by atoms with E-state index in [1.54, 1.807) is 36.4 Å². The van der Waals surface area contributed by atoms with Gasteiger partial charge in [-0.05, 0) is 36.8 Å². The van der Waals surface area contributed by atoms with E-state index in [1.807, 2.05) is 23.8 Å². The fourth-order valence-corrected chi connectivity index (χ4v) is 2.81. The minimum atomic E-state index is -3.96. The van der Waals surface area contributed by atoms with Crippen LogP contribution in [0.3, 0.4) is 0 Å². The Morgan fingerprint density at radius 2 is 1.67 bits per heavy atom. The number of hydrogen-bond acceptors (Lipinski definition) is 3. The topological polar surface area (TPSA) is 78.5 Å². The van der Waals surface area contributed by atoms with Crippen molar-refractivity contribution in [3.63, 3.8) is 0 Å². The highest BCUT2D eigenvalue weighted by Gasteiger charge is 2.20. The maximum Gasteiger partial charge on any atom is 0.333 e. The molecule has 0 fully saturated rings. The molecule has 128 valence electrons. The Morgan fingerprint density at radius 1 is 1.08 bits per heavy atom. The predicted molar refractivity (Wildman–Crippen MR) is 95.2 cm³/mol. The molecular formula is C16H18ClN3O3S. The average Bonchev–Trinajstić information content (AvgIpc) is 2.51. The van der Waals surface area contributed by atoms with Crippen LogP contribution in [0.1, 0.15) is 11.1 Å². The molecule has 0 spiro atoms. The van der Waals surface area contributed by atoms with Gasteiger partial charge in [0.15, 0.2) is 0 Å². The number of carbonyl (C=O) groups excluding carboxylic acids is 1. The summed E-state index contributed by atoms with van der Waals surface area (Å²) in [4.78, 5) is 11.9. The first-order valence-electron chi connectivity index (χ1n) is 7.12. The summed E-state index contributed by atoms with van der Waals surface area (Å²) in [6, 6.07) is 13.0. The van der Waals surface area contributed by atoms with Crippen molar-refractivity contribution in [2.24, 2.45) is 0 Å². The number of halogens is 1. The van der Waals surface area contributed by atoms with E-state index >= 15 is 0 Å². The third kappa shape index (κ3) is 5.23. The van der Waals surface area contributed by atoms with E-state index in [2.05, 4.69) is 5.32 Å². The van der Waals surface area contributed by atoms with Gasteiger partial charge in [0.1, 0.15) is 0 Å². The molecule has 0 bridgehead atoms. The molecule has 2 aromatic rings. The second-order valence-corrected chi connectivity index (χ2v) is 7.52. The smallest absolute Gasteiger partial charge is 0.307 e. The zero-order chi connectivity index (χ0) is 17.7. The highest BCUT2D eigenvalue weighted by atomic mass is 35.5. The number of anilines is 1. The molecule has 0 saturated carbocycles. The van der Waals surface area contributed by atoms with Crippen LogP contribution in [0.5, 0.6) is 0 Å². The van der Waals surface area contributed by atoms with E-state index in [9.17, 15) is 13.2 Å². The van der Waals surface area contributed by atoms with Crippen molar-refractivity contribution in [2.45, 2.75) is 13.5 Å². The van der Waals surface area contributed by atoms with Gasteiger partial charge in [0.2, 0.25) is 0 Å². The van der Waals surface area contributed by atoms with Crippen LogP contribution in [0.25, 0.3) is 0 Å². The van der Waals surface area contributed by atoms with Crippen LogP contribution < -0.4 is 10.0 Å². The Hall–Kier alpha value is -2.09. The van der Waals surface area contributed by atoms with Crippen LogP contribution in [0.4, 0.5) is 10.5 Å². The number of hydrogen-bond donors (Lipinski definition) is 2.